The van der Waals surface area contributed by atoms with Crippen molar-refractivity contribution >= 4 is 28.6 Å². The Hall–Kier alpha value is -3.94. The van der Waals surface area contributed by atoms with Gasteiger partial charge in [-0.15, -0.1) is 0 Å². The Bertz CT molecular complexity index is 1270. The Balaban J connectivity index is 1.36. The molecule has 2 atom stereocenters. The predicted molar refractivity (Wildman–Crippen MR) is 129 cm³/mol. The Kier molecular flexibility index (Phi) is 6.11. The van der Waals surface area contributed by atoms with E-state index in [4.69, 9.17) is 0 Å². The number of rotatable bonds is 4. The van der Waals surface area contributed by atoms with Crippen molar-refractivity contribution in [2.75, 3.05) is 13.1 Å². The second-order valence-electron chi connectivity index (χ2n) is 9.04. The number of urea groups is 1. The van der Waals surface area contributed by atoms with Crippen LogP contribution in [0.1, 0.15) is 24.5 Å². The fourth-order valence-corrected chi connectivity index (χ4v) is 5.04. The van der Waals surface area contributed by atoms with Crippen molar-refractivity contribution in [1.82, 2.24) is 20.0 Å². The average molecular weight is 475 g/mol. The third kappa shape index (κ3) is 4.43. The molecule has 0 aromatic heterocycles. The molecule has 0 bridgehead atoms. The Morgan fingerprint density at radius 3 is 2.57 bits per heavy atom. The molecule has 3 aromatic rings. The Labute approximate surface area is 203 Å². The molecule has 0 aliphatic carbocycles. The largest absolute Gasteiger partial charge is 0.334 e. The number of hydrogen-bond donors (Lipinski definition) is 1. The first-order valence-electron chi connectivity index (χ1n) is 11.8. The summed E-state index contributed by atoms with van der Waals surface area (Å²) in [6, 6.07) is 19.0. The van der Waals surface area contributed by atoms with Crippen LogP contribution in [0.25, 0.3) is 10.8 Å². The number of halogens is 1. The van der Waals surface area contributed by atoms with E-state index in [9.17, 15) is 18.8 Å². The quantitative estimate of drug-likeness (QED) is 0.629. The van der Waals surface area contributed by atoms with E-state index in [0.717, 1.165) is 21.9 Å². The summed E-state index contributed by atoms with van der Waals surface area (Å²) in [5, 5.41) is 5.05. The van der Waals surface area contributed by atoms with E-state index >= 15 is 0 Å². The number of nitrogens with one attached hydrogen (secondary N) is 1. The van der Waals surface area contributed by atoms with Gasteiger partial charge in [0, 0.05) is 26.1 Å². The molecule has 4 amide bonds. The SMILES string of the molecule is C[C@H]1C(=O)N(Cc2cccc3ccccc23)C[C@@H]2N(C(=O)NCc3ccc(F)cc3)CCC(=O)N21. The third-order valence-corrected chi connectivity index (χ3v) is 6.86. The van der Waals surface area contributed by atoms with E-state index in [1.807, 2.05) is 42.5 Å². The van der Waals surface area contributed by atoms with Crippen LogP contribution >= 0.6 is 0 Å². The van der Waals surface area contributed by atoms with Crippen LogP contribution in [0.3, 0.4) is 0 Å². The summed E-state index contributed by atoms with van der Waals surface area (Å²) < 4.78 is 13.2. The lowest BCUT2D eigenvalue weighted by molar-refractivity contribution is -0.166. The topological polar surface area (TPSA) is 73.0 Å². The maximum absolute atomic E-state index is 13.3. The maximum Gasteiger partial charge on any atom is 0.319 e. The summed E-state index contributed by atoms with van der Waals surface area (Å²) >= 11 is 0. The van der Waals surface area contributed by atoms with Crippen molar-refractivity contribution in [1.29, 1.82) is 0 Å². The lowest BCUT2D eigenvalue weighted by Crippen LogP contribution is -2.71. The normalized spacial score (nSPS) is 20.2. The molecule has 2 saturated heterocycles. The monoisotopic (exact) mass is 474 g/mol. The van der Waals surface area contributed by atoms with E-state index in [1.54, 1.807) is 33.8 Å². The van der Waals surface area contributed by atoms with Gasteiger partial charge in [-0.2, -0.15) is 0 Å². The first kappa shape index (κ1) is 22.8. The molecule has 2 heterocycles. The zero-order valence-corrected chi connectivity index (χ0v) is 19.5. The lowest BCUT2D eigenvalue weighted by Gasteiger charge is -2.51. The van der Waals surface area contributed by atoms with Gasteiger partial charge in [-0.25, -0.2) is 9.18 Å². The highest BCUT2D eigenvalue weighted by Crippen LogP contribution is 2.28. The number of hydrogen-bond acceptors (Lipinski definition) is 3. The van der Waals surface area contributed by atoms with Crippen LogP contribution in [0, 0.1) is 5.82 Å². The van der Waals surface area contributed by atoms with Crippen molar-refractivity contribution in [2.24, 2.45) is 0 Å². The molecule has 1 N–H and O–H groups in total. The van der Waals surface area contributed by atoms with Crippen molar-refractivity contribution < 1.29 is 18.8 Å². The number of carbonyl (C=O) groups is 3. The van der Waals surface area contributed by atoms with Crippen LogP contribution in [0.15, 0.2) is 66.7 Å². The Morgan fingerprint density at radius 2 is 1.77 bits per heavy atom. The van der Waals surface area contributed by atoms with E-state index < -0.39 is 12.2 Å². The number of amides is 4. The van der Waals surface area contributed by atoms with Gasteiger partial charge in [0.25, 0.3) is 0 Å². The van der Waals surface area contributed by atoms with Gasteiger partial charge in [-0.1, -0.05) is 54.6 Å². The summed E-state index contributed by atoms with van der Waals surface area (Å²) in [4.78, 5) is 44.1. The second-order valence-corrected chi connectivity index (χ2v) is 9.04. The number of nitrogens with zero attached hydrogens (tertiary/aromatic N) is 3. The highest BCUT2D eigenvalue weighted by atomic mass is 19.1. The molecule has 3 aromatic carbocycles. The number of fused-ring (bicyclic) bond motifs is 2. The van der Waals surface area contributed by atoms with Gasteiger partial charge in [-0.05, 0) is 41.0 Å². The summed E-state index contributed by atoms with van der Waals surface area (Å²) in [7, 11) is 0. The van der Waals surface area contributed by atoms with Gasteiger partial charge in [0.1, 0.15) is 18.0 Å². The fourth-order valence-electron chi connectivity index (χ4n) is 5.04. The lowest BCUT2D eigenvalue weighted by atomic mass is 10.0. The van der Waals surface area contributed by atoms with Gasteiger partial charge in [0.15, 0.2) is 0 Å². The molecule has 0 radical (unpaired) electrons. The molecule has 5 rings (SSSR count). The zero-order valence-electron chi connectivity index (χ0n) is 19.5. The fraction of sp³-hybridized carbons (Fsp3) is 0.296. The van der Waals surface area contributed by atoms with Gasteiger partial charge in [-0.3, -0.25) is 9.59 Å². The van der Waals surface area contributed by atoms with Crippen LogP contribution in [0.4, 0.5) is 9.18 Å². The summed E-state index contributed by atoms with van der Waals surface area (Å²) in [5.74, 6) is -0.586. The minimum absolute atomic E-state index is 0.122. The summed E-state index contributed by atoms with van der Waals surface area (Å²) in [5.41, 5.74) is 1.79. The Morgan fingerprint density at radius 1 is 1.03 bits per heavy atom. The first-order chi connectivity index (χ1) is 16.9. The molecule has 2 aliphatic rings. The number of carbonyl (C=O) groups excluding carboxylic acids is 3. The van der Waals surface area contributed by atoms with Crippen LogP contribution in [-0.2, 0) is 22.7 Å². The number of piperazine rings is 1. The molecule has 2 fully saturated rings. The van der Waals surface area contributed by atoms with Crippen molar-refractivity contribution in [3.63, 3.8) is 0 Å². The first-order valence-corrected chi connectivity index (χ1v) is 11.8. The van der Waals surface area contributed by atoms with E-state index in [1.165, 1.54) is 12.1 Å². The molecular formula is C27H27FN4O3. The third-order valence-electron chi connectivity index (χ3n) is 6.86. The molecule has 35 heavy (non-hydrogen) atoms. The second kappa shape index (κ2) is 9.37. The molecule has 7 nitrogen and oxygen atoms in total. The van der Waals surface area contributed by atoms with Gasteiger partial charge in [0.2, 0.25) is 11.8 Å². The van der Waals surface area contributed by atoms with Gasteiger partial charge in [0.05, 0.1) is 6.54 Å². The zero-order chi connectivity index (χ0) is 24.5. The van der Waals surface area contributed by atoms with Gasteiger partial charge >= 0.3 is 6.03 Å². The highest BCUT2D eigenvalue weighted by molar-refractivity contribution is 5.91. The molecule has 8 heteroatoms. The summed E-state index contributed by atoms with van der Waals surface area (Å²) in [6.07, 6.45) is -0.381. The van der Waals surface area contributed by atoms with Crippen LogP contribution in [0.5, 0.6) is 0 Å². The highest BCUT2D eigenvalue weighted by Gasteiger charge is 2.47. The number of benzene rings is 3. The maximum atomic E-state index is 13.3. The van der Waals surface area contributed by atoms with Crippen LogP contribution in [0.2, 0.25) is 0 Å². The van der Waals surface area contributed by atoms with Crippen molar-refractivity contribution in [3.8, 4) is 0 Å². The molecule has 2 aliphatic heterocycles. The van der Waals surface area contributed by atoms with Gasteiger partial charge < -0.3 is 20.0 Å². The van der Waals surface area contributed by atoms with Crippen LogP contribution < -0.4 is 5.32 Å². The molecular weight excluding hydrogens is 447 g/mol. The van der Waals surface area contributed by atoms with Crippen LogP contribution in [-0.4, -0.2) is 57.8 Å². The van der Waals surface area contributed by atoms with E-state index in [-0.39, 0.29) is 49.7 Å². The molecule has 0 unspecified atom stereocenters. The predicted octanol–water partition coefficient (Wildman–Crippen LogP) is 3.48. The average Bonchev–Trinajstić information content (AvgIpc) is 2.87. The molecule has 0 spiro atoms. The van der Waals surface area contributed by atoms with Crippen molar-refractivity contribution in [3.05, 3.63) is 83.7 Å². The smallest absolute Gasteiger partial charge is 0.319 e. The van der Waals surface area contributed by atoms with E-state index in [2.05, 4.69) is 5.32 Å². The standard InChI is InChI=1S/C27H27FN4O3/c1-18-26(34)30(16-21-7-4-6-20-5-2-3-8-23(20)21)17-24-31(14-13-25(33)32(18)24)27(35)29-15-19-9-11-22(28)12-10-19/h2-12,18,24H,13-17H2,1H3,(H,29,35)/t18-,24+/m0/s1. The minimum atomic E-state index is -0.663. The minimum Gasteiger partial charge on any atom is -0.334 e. The van der Waals surface area contributed by atoms with E-state index in [0.29, 0.717) is 6.54 Å². The molecule has 180 valence electrons. The summed E-state index contributed by atoms with van der Waals surface area (Å²) in [6.45, 7) is 2.88. The molecule has 0 saturated carbocycles. The van der Waals surface area contributed by atoms with Crippen molar-refractivity contribution in [2.45, 2.75) is 38.6 Å².